The van der Waals surface area contributed by atoms with Gasteiger partial charge in [-0.3, -0.25) is 4.21 Å². The molecule has 0 aromatic heterocycles. The summed E-state index contributed by atoms with van der Waals surface area (Å²) in [5.41, 5.74) is 8.35. The van der Waals surface area contributed by atoms with Crippen LogP contribution in [0.15, 0.2) is 12.1 Å². The number of hydrogen-bond acceptors (Lipinski definition) is 3. The van der Waals surface area contributed by atoms with E-state index in [-0.39, 0.29) is 11.9 Å². The maximum absolute atomic E-state index is 13.6. The smallest absolute Gasteiger partial charge is 0.126 e. The Morgan fingerprint density at radius 1 is 1.39 bits per heavy atom. The monoisotopic (exact) mass is 270 g/mol. The number of rotatable bonds is 2. The van der Waals surface area contributed by atoms with Gasteiger partial charge in [0.1, 0.15) is 5.82 Å². The Hall–Kier alpha value is -0.940. The highest BCUT2D eigenvalue weighted by Gasteiger charge is 2.20. The summed E-state index contributed by atoms with van der Waals surface area (Å²) in [6, 6.07) is 3.17. The highest BCUT2D eigenvalue weighted by molar-refractivity contribution is 7.85. The Bertz CT molecular complexity index is 466. The van der Waals surface area contributed by atoms with Gasteiger partial charge in [0, 0.05) is 47.1 Å². The summed E-state index contributed by atoms with van der Waals surface area (Å²) in [6.45, 7) is 5.11. The number of hydrogen-bond donors (Lipinski definition) is 1. The predicted octanol–water partition coefficient (Wildman–Crippen LogP) is 1.72. The molecule has 0 radical (unpaired) electrons. The maximum Gasteiger partial charge on any atom is 0.126 e. The van der Waals surface area contributed by atoms with E-state index in [0.29, 0.717) is 17.1 Å². The van der Waals surface area contributed by atoms with E-state index >= 15 is 0 Å². The Morgan fingerprint density at radius 3 is 2.56 bits per heavy atom. The van der Waals surface area contributed by atoms with Crippen molar-refractivity contribution in [2.24, 2.45) is 5.73 Å². The van der Waals surface area contributed by atoms with Crippen molar-refractivity contribution in [1.82, 2.24) is 0 Å². The van der Waals surface area contributed by atoms with Crippen LogP contribution in [0.1, 0.15) is 24.1 Å². The summed E-state index contributed by atoms with van der Waals surface area (Å²) in [4.78, 5) is 2.16. The van der Waals surface area contributed by atoms with Gasteiger partial charge in [0.2, 0.25) is 0 Å². The molecule has 1 aliphatic heterocycles. The predicted molar refractivity (Wildman–Crippen MR) is 73.8 cm³/mol. The molecular formula is C13H19FN2OS. The molecule has 1 atom stereocenters. The van der Waals surface area contributed by atoms with Crippen molar-refractivity contribution < 1.29 is 8.60 Å². The first-order chi connectivity index (χ1) is 8.49. The molecule has 1 fully saturated rings. The molecule has 1 aromatic rings. The lowest BCUT2D eigenvalue weighted by molar-refractivity contribution is 0.612. The zero-order chi connectivity index (χ0) is 13.3. The van der Waals surface area contributed by atoms with Crippen LogP contribution in [0.5, 0.6) is 0 Å². The van der Waals surface area contributed by atoms with Crippen molar-refractivity contribution in [3.63, 3.8) is 0 Å². The molecule has 1 heterocycles. The van der Waals surface area contributed by atoms with Crippen LogP contribution in [-0.4, -0.2) is 28.8 Å². The third-order valence-corrected chi connectivity index (χ3v) is 4.59. The normalized spacial score (nSPS) is 19.0. The lowest BCUT2D eigenvalue weighted by Gasteiger charge is -2.31. The van der Waals surface area contributed by atoms with Gasteiger partial charge in [0.25, 0.3) is 0 Å². The van der Waals surface area contributed by atoms with Crippen LogP contribution in [0, 0.1) is 12.7 Å². The number of halogens is 1. The molecule has 18 heavy (non-hydrogen) atoms. The molecule has 2 rings (SSSR count). The quantitative estimate of drug-likeness (QED) is 0.890. The van der Waals surface area contributed by atoms with Gasteiger partial charge in [0.15, 0.2) is 0 Å². The fourth-order valence-electron chi connectivity index (χ4n) is 2.20. The van der Waals surface area contributed by atoms with Gasteiger partial charge < -0.3 is 10.6 Å². The van der Waals surface area contributed by atoms with Crippen LogP contribution >= 0.6 is 0 Å². The SMILES string of the molecule is Cc1cc(N2CCS(=O)CC2)c([C@H](C)N)cc1F. The lowest BCUT2D eigenvalue weighted by Crippen LogP contribution is -2.38. The van der Waals surface area contributed by atoms with Crippen LogP contribution in [0.4, 0.5) is 10.1 Å². The first kappa shape index (κ1) is 13.5. The van der Waals surface area contributed by atoms with Gasteiger partial charge >= 0.3 is 0 Å². The molecule has 0 amide bonds. The van der Waals surface area contributed by atoms with Crippen molar-refractivity contribution in [2.45, 2.75) is 19.9 Å². The topological polar surface area (TPSA) is 46.3 Å². The lowest BCUT2D eigenvalue weighted by atomic mass is 10.0. The van der Waals surface area contributed by atoms with Crippen molar-refractivity contribution in [1.29, 1.82) is 0 Å². The second-order valence-electron chi connectivity index (χ2n) is 4.78. The molecule has 0 saturated carbocycles. The van der Waals surface area contributed by atoms with Gasteiger partial charge in [-0.2, -0.15) is 0 Å². The minimum atomic E-state index is -0.709. The average Bonchev–Trinajstić information content (AvgIpc) is 2.33. The second-order valence-corrected chi connectivity index (χ2v) is 6.48. The van der Waals surface area contributed by atoms with E-state index in [1.807, 2.05) is 13.0 Å². The first-order valence-corrected chi connectivity index (χ1v) is 7.63. The third-order valence-electron chi connectivity index (χ3n) is 3.32. The number of aryl methyl sites for hydroxylation is 1. The molecule has 1 saturated heterocycles. The van der Waals surface area contributed by atoms with Crippen molar-refractivity contribution in [3.8, 4) is 0 Å². The maximum atomic E-state index is 13.6. The molecule has 0 aliphatic carbocycles. The summed E-state index contributed by atoms with van der Waals surface area (Å²) < 4.78 is 25.0. The molecule has 3 nitrogen and oxygen atoms in total. The first-order valence-electron chi connectivity index (χ1n) is 6.14. The van der Waals surface area contributed by atoms with E-state index < -0.39 is 10.8 Å². The van der Waals surface area contributed by atoms with E-state index in [0.717, 1.165) is 24.3 Å². The number of benzene rings is 1. The second kappa shape index (κ2) is 5.36. The zero-order valence-corrected chi connectivity index (χ0v) is 11.6. The standard InChI is InChI=1S/C13H19FN2OS/c1-9-7-13(11(10(2)15)8-12(9)14)16-3-5-18(17)6-4-16/h7-8,10H,3-6,15H2,1-2H3/t10-/m0/s1. The molecule has 5 heteroatoms. The minimum absolute atomic E-state index is 0.206. The van der Waals surface area contributed by atoms with Gasteiger partial charge in [-0.1, -0.05) is 0 Å². The molecule has 100 valence electrons. The summed E-state index contributed by atoms with van der Waals surface area (Å²) in [5.74, 6) is 1.13. The van der Waals surface area contributed by atoms with E-state index in [1.54, 1.807) is 6.92 Å². The van der Waals surface area contributed by atoms with Crippen molar-refractivity contribution in [3.05, 3.63) is 29.1 Å². The van der Waals surface area contributed by atoms with Crippen LogP contribution in [0.2, 0.25) is 0 Å². The van der Waals surface area contributed by atoms with E-state index in [1.165, 1.54) is 6.07 Å². The molecule has 1 aromatic carbocycles. The van der Waals surface area contributed by atoms with Crippen LogP contribution in [0.25, 0.3) is 0 Å². The molecule has 0 unspecified atom stereocenters. The van der Waals surface area contributed by atoms with Crippen LogP contribution in [0.3, 0.4) is 0 Å². The molecule has 0 bridgehead atoms. The Kier molecular flexibility index (Phi) is 4.02. The summed E-state index contributed by atoms with van der Waals surface area (Å²) in [5, 5.41) is 0. The summed E-state index contributed by atoms with van der Waals surface area (Å²) in [6.07, 6.45) is 0. The Balaban J connectivity index is 2.36. The fraction of sp³-hybridized carbons (Fsp3) is 0.538. The van der Waals surface area contributed by atoms with Gasteiger partial charge in [-0.15, -0.1) is 0 Å². The highest BCUT2D eigenvalue weighted by atomic mass is 32.2. The third kappa shape index (κ3) is 2.72. The largest absolute Gasteiger partial charge is 0.369 e. The minimum Gasteiger partial charge on any atom is -0.369 e. The van der Waals surface area contributed by atoms with Gasteiger partial charge in [-0.25, -0.2) is 4.39 Å². The number of nitrogens with two attached hydrogens (primary N) is 1. The highest BCUT2D eigenvalue weighted by Crippen LogP contribution is 2.29. The van der Waals surface area contributed by atoms with E-state index in [2.05, 4.69) is 4.90 Å². The number of nitrogens with zero attached hydrogens (tertiary/aromatic N) is 1. The van der Waals surface area contributed by atoms with Gasteiger partial charge in [-0.05, 0) is 37.1 Å². The zero-order valence-electron chi connectivity index (χ0n) is 10.8. The van der Waals surface area contributed by atoms with Crippen molar-refractivity contribution >= 4 is 16.5 Å². The molecule has 1 aliphatic rings. The Morgan fingerprint density at radius 2 is 2.00 bits per heavy atom. The number of anilines is 1. The Labute approximate surface area is 110 Å². The average molecular weight is 270 g/mol. The molecular weight excluding hydrogens is 251 g/mol. The molecule has 2 N–H and O–H groups in total. The van der Waals surface area contributed by atoms with Crippen LogP contribution < -0.4 is 10.6 Å². The van der Waals surface area contributed by atoms with E-state index in [4.69, 9.17) is 5.73 Å². The van der Waals surface area contributed by atoms with E-state index in [9.17, 15) is 8.60 Å². The fourth-order valence-corrected chi connectivity index (χ4v) is 3.25. The summed E-state index contributed by atoms with van der Waals surface area (Å²) in [7, 11) is -0.709. The molecule has 0 spiro atoms. The summed E-state index contributed by atoms with van der Waals surface area (Å²) >= 11 is 0. The van der Waals surface area contributed by atoms with Gasteiger partial charge in [0.05, 0.1) is 0 Å². The van der Waals surface area contributed by atoms with Crippen molar-refractivity contribution in [2.75, 3.05) is 29.5 Å². The van der Waals surface area contributed by atoms with Crippen LogP contribution in [-0.2, 0) is 10.8 Å².